The topological polar surface area (TPSA) is 126 Å². The van der Waals surface area contributed by atoms with Crippen LogP contribution in [0.2, 0.25) is 0 Å². The molecule has 0 heterocycles. The van der Waals surface area contributed by atoms with Gasteiger partial charge in [-0.15, -0.1) is 18.3 Å². The predicted octanol–water partition coefficient (Wildman–Crippen LogP) is -1.63. The Morgan fingerprint density at radius 1 is 0.810 bits per heavy atom. The van der Waals surface area contributed by atoms with E-state index in [1.165, 1.54) is 0 Å². The number of rotatable bonds is 3. The molecule has 0 saturated heterocycles. The number of hydrogen-bond donors (Lipinski definition) is 0. The van der Waals surface area contributed by atoms with Gasteiger partial charge in [-0.2, -0.15) is 0 Å². The number of hydrogen-bond acceptors (Lipinski definition) is 6. The van der Waals surface area contributed by atoms with Gasteiger partial charge in [0.05, 0.1) is 0 Å². The Kier molecular flexibility index (Phi) is 38.8. The number of ketones is 1. The molecule has 0 aliphatic heterocycles. The number of Topliss-reactive ketones (excluding diaryl/α,β-unsaturated/α-hetero) is 1. The molecule has 0 aliphatic carbocycles. The molecule has 6 nitrogen and oxygen atoms in total. The first-order chi connectivity index (χ1) is 8.86. The third kappa shape index (κ3) is 183. The molecule has 0 bridgehead atoms. The molecule has 0 spiro atoms. The maximum atomic E-state index is 10.2. The standard InChI is InChI=1S/C5H8O3.3C3H7O.Zr/c1-2-4(6)3-5(7)8;3*1-3(2)4;/h2-3H2,1H3,(H,7,8);3*3H,1-2H3;/q;3*-1;+4/p-1. The Hall–Kier alpha value is -0.0969. The first-order valence-corrected chi connectivity index (χ1v) is 6.55. The van der Waals surface area contributed by atoms with E-state index in [0.717, 1.165) is 0 Å². The second-order valence-electron chi connectivity index (χ2n) is 4.59. The molecule has 0 aromatic heterocycles. The third-order valence-corrected chi connectivity index (χ3v) is 0.736. The fraction of sp³-hybridized carbons (Fsp3) is 0.857. The van der Waals surface area contributed by atoms with Gasteiger partial charge in [0.15, 0.2) is 0 Å². The summed E-state index contributed by atoms with van der Waals surface area (Å²) < 4.78 is 0. The summed E-state index contributed by atoms with van der Waals surface area (Å²) >= 11 is 0. The van der Waals surface area contributed by atoms with Crippen molar-refractivity contribution < 1.29 is 56.2 Å². The molecule has 0 atom stereocenters. The van der Waals surface area contributed by atoms with Gasteiger partial charge in [0.25, 0.3) is 0 Å². The van der Waals surface area contributed by atoms with Gasteiger partial charge in [-0.25, -0.2) is 0 Å². The van der Waals surface area contributed by atoms with Crippen molar-refractivity contribution in [2.24, 2.45) is 0 Å². The molecule has 0 aromatic carbocycles. The third-order valence-electron chi connectivity index (χ3n) is 0.736. The van der Waals surface area contributed by atoms with Crippen LogP contribution in [0.25, 0.3) is 0 Å². The normalized spacial score (nSPS) is 8.43. The number of aliphatic carboxylic acids is 1. The van der Waals surface area contributed by atoms with Crippen molar-refractivity contribution in [2.45, 2.75) is 79.6 Å². The van der Waals surface area contributed by atoms with Gasteiger partial charge in [-0.05, 0) is 0 Å². The van der Waals surface area contributed by atoms with Crippen LogP contribution in [0.4, 0.5) is 0 Å². The Balaban J connectivity index is -0.0000000570. The molecule has 0 aromatic rings. The SMILES string of the molecule is CC(C)[O-].CC(C)[O-].CC(C)[O-].CCC(=O)CC(=O)[O-].[Zr+4]. The van der Waals surface area contributed by atoms with Crippen LogP contribution in [-0.4, -0.2) is 30.1 Å². The zero-order valence-corrected chi connectivity index (χ0v) is 16.6. The van der Waals surface area contributed by atoms with Crippen LogP contribution in [0.3, 0.4) is 0 Å². The molecule has 0 saturated carbocycles. The first-order valence-electron chi connectivity index (χ1n) is 6.55. The summed E-state index contributed by atoms with van der Waals surface area (Å²) in [6, 6.07) is 0. The molecular weight excluding hydrogens is 355 g/mol. The molecule has 0 rings (SSSR count). The number of carbonyl (C=O) groups excluding carboxylic acids is 2. The Morgan fingerprint density at radius 3 is 1.05 bits per heavy atom. The summed E-state index contributed by atoms with van der Waals surface area (Å²) in [6.45, 7) is 11.3. The van der Waals surface area contributed by atoms with E-state index in [9.17, 15) is 30.0 Å². The van der Waals surface area contributed by atoms with Crippen LogP contribution in [0.1, 0.15) is 61.3 Å². The van der Waals surface area contributed by atoms with Gasteiger partial charge in [0.2, 0.25) is 0 Å². The first kappa shape index (κ1) is 32.7. The molecule has 0 fully saturated rings. The second-order valence-corrected chi connectivity index (χ2v) is 4.59. The van der Waals surface area contributed by atoms with E-state index >= 15 is 0 Å². The van der Waals surface area contributed by atoms with Crippen LogP contribution >= 0.6 is 0 Å². The summed E-state index contributed by atoms with van der Waals surface area (Å²) in [5.74, 6) is -1.58. The fourth-order valence-electron chi connectivity index (χ4n) is 0.286. The average molecular weight is 384 g/mol. The summed E-state index contributed by atoms with van der Waals surface area (Å²) in [7, 11) is 0. The van der Waals surface area contributed by atoms with Crippen LogP contribution in [0, 0.1) is 0 Å². The van der Waals surface area contributed by atoms with Gasteiger partial charge in [0, 0.05) is 18.8 Å². The van der Waals surface area contributed by atoms with E-state index in [1.54, 1.807) is 48.5 Å². The number of carbonyl (C=O) groups is 2. The van der Waals surface area contributed by atoms with E-state index in [-0.39, 0.29) is 38.4 Å². The minimum atomic E-state index is -1.29. The molecule has 21 heavy (non-hydrogen) atoms. The summed E-state index contributed by atoms with van der Waals surface area (Å²) in [5, 5.41) is 38.2. The van der Waals surface area contributed by atoms with Crippen molar-refractivity contribution in [1.82, 2.24) is 0 Å². The van der Waals surface area contributed by atoms with Crippen LogP contribution in [-0.2, 0) is 35.8 Å². The molecule has 0 unspecified atom stereocenters. The van der Waals surface area contributed by atoms with Crippen molar-refractivity contribution in [2.75, 3.05) is 0 Å². The minimum Gasteiger partial charge on any atom is -0.852 e. The van der Waals surface area contributed by atoms with Gasteiger partial charge < -0.3 is 25.2 Å². The van der Waals surface area contributed by atoms with E-state index in [2.05, 4.69) is 0 Å². The van der Waals surface area contributed by atoms with Crippen LogP contribution in [0.5, 0.6) is 0 Å². The van der Waals surface area contributed by atoms with E-state index in [4.69, 9.17) is 0 Å². The largest absolute Gasteiger partial charge is 4.00 e. The van der Waals surface area contributed by atoms with E-state index in [1.807, 2.05) is 0 Å². The minimum absolute atomic E-state index is 0. The Morgan fingerprint density at radius 2 is 1.00 bits per heavy atom. The molecule has 124 valence electrons. The monoisotopic (exact) mass is 382 g/mol. The van der Waals surface area contributed by atoms with Gasteiger partial charge in [-0.1, -0.05) is 48.5 Å². The van der Waals surface area contributed by atoms with Crippen LogP contribution in [0.15, 0.2) is 0 Å². The number of carboxylic acids is 1. The molecule has 0 N–H and O–H groups in total. The van der Waals surface area contributed by atoms with Crippen molar-refractivity contribution in [3.8, 4) is 0 Å². The van der Waals surface area contributed by atoms with Crippen molar-refractivity contribution in [1.29, 1.82) is 0 Å². The maximum absolute atomic E-state index is 10.2. The second kappa shape index (κ2) is 24.9. The smallest absolute Gasteiger partial charge is 0.852 e. The Labute approximate surface area is 147 Å². The van der Waals surface area contributed by atoms with Crippen molar-refractivity contribution in [3.05, 3.63) is 0 Å². The maximum Gasteiger partial charge on any atom is 4.00 e. The van der Waals surface area contributed by atoms with Gasteiger partial charge in [-0.3, -0.25) is 4.79 Å². The van der Waals surface area contributed by atoms with E-state index in [0.29, 0.717) is 0 Å². The predicted molar refractivity (Wildman–Crippen MR) is 70.3 cm³/mol. The van der Waals surface area contributed by atoms with Crippen molar-refractivity contribution >= 4 is 11.8 Å². The quantitative estimate of drug-likeness (QED) is 0.538. The van der Waals surface area contributed by atoms with Gasteiger partial charge in [0.1, 0.15) is 5.78 Å². The molecule has 0 aliphatic rings. The van der Waals surface area contributed by atoms with E-state index < -0.39 is 30.7 Å². The summed E-state index contributed by atoms with van der Waals surface area (Å²) in [6.07, 6.45) is -1.43. The molecule has 7 heteroatoms. The summed E-state index contributed by atoms with van der Waals surface area (Å²) in [5.41, 5.74) is 0. The summed E-state index contributed by atoms with van der Waals surface area (Å²) in [4.78, 5) is 19.8. The molecule has 0 radical (unpaired) electrons. The average Bonchev–Trinajstić information content (AvgIpc) is 2.13. The zero-order valence-electron chi connectivity index (χ0n) is 14.1. The van der Waals surface area contributed by atoms with Crippen molar-refractivity contribution in [3.63, 3.8) is 0 Å². The molecular formula is C14H28O6Zr. The zero-order chi connectivity index (χ0) is 17.3. The Bertz CT molecular complexity index is 195. The number of carboxylic acid groups (broad SMARTS) is 1. The van der Waals surface area contributed by atoms with Gasteiger partial charge >= 0.3 is 26.2 Å². The fourth-order valence-corrected chi connectivity index (χ4v) is 0.286. The van der Waals surface area contributed by atoms with Crippen LogP contribution < -0.4 is 20.4 Å². The molecule has 0 amide bonds.